The van der Waals surface area contributed by atoms with E-state index in [2.05, 4.69) is 12.1 Å². The van der Waals surface area contributed by atoms with Crippen LogP contribution in [0.1, 0.15) is 37.0 Å². The summed E-state index contributed by atoms with van der Waals surface area (Å²) in [5, 5.41) is 3.68. The van der Waals surface area contributed by atoms with Crippen LogP contribution in [0.3, 0.4) is 0 Å². The molecule has 19 heavy (non-hydrogen) atoms. The van der Waals surface area contributed by atoms with Gasteiger partial charge in [-0.15, -0.1) is 0 Å². The first-order valence-corrected chi connectivity index (χ1v) is 6.41. The van der Waals surface area contributed by atoms with Gasteiger partial charge in [0.15, 0.2) is 11.5 Å². The molecule has 0 spiro atoms. The third-order valence-corrected chi connectivity index (χ3v) is 2.83. The number of ketones is 1. The fraction of sp³-hybridized carbons (Fsp3) is 0.333. The van der Waals surface area contributed by atoms with Crippen molar-refractivity contribution < 1.29 is 14.1 Å². The molecule has 0 amide bonds. The van der Waals surface area contributed by atoms with Crippen molar-refractivity contribution in [1.29, 1.82) is 0 Å². The van der Waals surface area contributed by atoms with Gasteiger partial charge in [0.1, 0.15) is 5.75 Å². The van der Waals surface area contributed by atoms with Crippen molar-refractivity contribution in [3.05, 3.63) is 36.0 Å². The third-order valence-electron chi connectivity index (χ3n) is 2.83. The van der Waals surface area contributed by atoms with Gasteiger partial charge in [0, 0.05) is 5.56 Å². The van der Waals surface area contributed by atoms with Crippen molar-refractivity contribution in [2.24, 2.45) is 0 Å². The van der Waals surface area contributed by atoms with E-state index in [1.54, 1.807) is 0 Å². The molecule has 0 unspecified atom stereocenters. The number of hydrogen-bond donors (Lipinski definition) is 0. The second kappa shape index (κ2) is 6.18. The molecular formula is C15H17NO3. The van der Waals surface area contributed by atoms with E-state index >= 15 is 0 Å². The second-order valence-corrected chi connectivity index (χ2v) is 4.35. The molecule has 4 nitrogen and oxygen atoms in total. The molecular weight excluding hydrogens is 242 g/mol. The van der Waals surface area contributed by atoms with E-state index < -0.39 is 0 Å². The van der Waals surface area contributed by atoms with Gasteiger partial charge < -0.3 is 9.26 Å². The Morgan fingerprint density at radius 3 is 2.68 bits per heavy atom. The lowest BCUT2D eigenvalue weighted by Gasteiger charge is -2.05. The Hall–Kier alpha value is -2.10. The van der Waals surface area contributed by atoms with Crippen molar-refractivity contribution >= 4 is 5.78 Å². The smallest absolute Gasteiger partial charge is 0.177 e. The van der Waals surface area contributed by atoms with Gasteiger partial charge in [0.05, 0.1) is 18.4 Å². The zero-order chi connectivity index (χ0) is 13.7. The van der Waals surface area contributed by atoms with Crippen molar-refractivity contribution in [1.82, 2.24) is 5.16 Å². The number of Topliss-reactive ketones (excluding diaryl/α,β-unsaturated/α-hetero) is 1. The molecule has 0 aliphatic heterocycles. The summed E-state index contributed by atoms with van der Waals surface area (Å²) >= 11 is 0. The summed E-state index contributed by atoms with van der Waals surface area (Å²) in [5.74, 6) is 1.27. The van der Waals surface area contributed by atoms with Crippen LogP contribution >= 0.6 is 0 Å². The fourth-order valence-corrected chi connectivity index (χ4v) is 1.74. The van der Waals surface area contributed by atoms with Crippen LogP contribution in [0.2, 0.25) is 0 Å². The zero-order valence-electron chi connectivity index (χ0n) is 11.2. The molecule has 4 heteroatoms. The van der Waals surface area contributed by atoms with E-state index in [4.69, 9.17) is 9.26 Å². The molecule has 1 heterocycles. The fourth-order valence-electron chi connectivity index (χ4n) is 1.74. The minimum Gasteiger partial charge on any atom is -0.494 e. The van der Waals surface area contributed by atoms with E-state index in [9.17, 15) is 4.79 Å². The van der Waals surface area contributed by atoms with Crippen LogP contribution in [0, 0.1) is 0 Å². The normalized spacial score (nSPS) is 10.4. The first-order valence-electron chi connectivity index (χ1n) is 6.41. The third kappa shape index (κ3) is 3.22. The first kappa shape index (κ1) is 13.3. The van der Waals surface area contributed by atoms with Gasteiger partial charge in [-0.3, -0.25) is 4.79 Å². The predicted molar refractivity (Wildman–Crippen MR) is 72.3 cm³/mol. The maximum Gasteiger partial charge on any atom is 0.177 e. The number of carbonyl (C=O) groups excluding carboxylic acids is 1. The summed E-state index contributed by atoms with van der Waals surface area (Å²) in [6, 6.07) is 7.48. The molecule has 0 atom stereocenters. The number of nitrogens with zero attached hydrogens (tertiary/aromatic N) is 1. The van der Waals surface area contributed by atoms with E-state index in [0.29, 0.717) is 11.3 Å². The van der Waals surface area contributed by atoms with Gasteiger partial charge in [-0.2, -0.15) is 0 Å². The second-order valence-electron chi connectivity index (χ2n) is 4.35. The van der Waals surface area contributed by atoms with Crippen LogP contribution in [0.5, 0.6) is 5.75 Å². The highest BCUT2D eigenvalue weighted by Gasteiger charge is 2.14. The Bertz CT molecular complexity index is 543. The average molecular weight is 259 g/mol. The lowest BCUT2D eigenvalue weighted by atomic mass is 10.1. The van der Waals surface area contributed by atoms with E-state index in [0.717, 1.165) is 30.8 Å². The monoisotopic (exact) mass is 259 g/mol. The predicted octanol–water partition coefficient (Wildman–Crippen LogP) is 3.72. The Morgan fingerprint density at radius 2 is 2.05 bits per heavy atom. The zero-order valence-corrected chi connectivity index (χ0v) is 11.2. The van der Waals surface area contributed by atoms with Crippen LogP contribution in [0.15, 0.2) is 35.0 Å². The van der Waals surface area contributed by atoms with E-state index in [-0.39, 0.29) is 5.78 Å². The molecule has 2 aromatic rings. The van der Waals surface area contributed by atoms with Gasteiger partial charge in [0.2, 0.25) is 0 Å². The molecule has 100 valence electrons. The van der Waals surface area contributed by atoms with Crippen LogP contribution in [0.4, 0.5) is 0 Å². The van der Waals surface area contributed by atoms with Gasteiger partial charge in [-0.25, -0.2) is 0 Å². The van der Waals surface area contributed by atoms with Gasteiger partial charge in [-0.05, 0) is 37.6 Å². The largest absolute Gasteiger partial charge is 0.494 e. The molecule has 0 bridgehead atoms. The lowest BCUT2D eigenvalue weighted by molar-refractivity contribution is 0.101. The quantitative estimate of drug-likeness (QED) is 0.586. The molecule has 0 aliphatic rings. The van der Waals surface area contributed by atoms with Crippen LogP contribution in [-0.2, 0) is 0 Å². The standard InChI is InChI=1S/C15H17NO3/c1-3-4-9-18-13-7-5-12(6-8-13)15-14(11(2)17)10-16-19-15/h5-8,10H,3-4,9H2,1-2H3. The Balaban J connectivity index is 2.13. The Labute approximate surface area is 112 Å². The van der Waals surface area contributed by atoms with Crippen molar-refractivity contribution in [3.8, 4) is 17.1 Å². The Kier molecular flexibility index (Phi) is 4.34. The highest BCUT2D eigenvalue weighted by Crippen LogP contribution is 2.26. The summed E-state index contributed by atoms with van der Waals surface area (Å²) in [5.41, 5.74) is 1.32. The average Bonchev–Trinajstić information content (AvgIpc) is 2.89. The molecule has 2 rings (SSSR count). The molecule has 0 aliphatic carbocycles. The molecule has 0 saturated carbocycles. The number of carbonyl (C=O) groups is 1. The summed E-state index contributed by atoms with van der Waals surface area (Å²) in [4.78, 5) is 11.4. The Morgan fingerprint density at radius 1 is 1.32 bits per heavy atom. The summed E-state index contributed by atoms with van der Waals surface area (Å²) in [6.07, 6.45) is 3.60. The molecule has 0 N–H and O–H groups in total. The molecule has 0 fully saturated rings. The van der Waals surface area contributed by atoms with Gasteiger partial charge in [-0.1, -0.05) is 18.5 Å². The summed E-state index contributed by atoms with van der Waals surface area (Å²) in [7, 11) is 0. The number of rotatable bonds is 6. The van der Waals surface area contributed by atoms with Crippen LogP contribution in [0.25, 0.3) is 11.3 Å². The van der Waals surface area contributed by atoms with E-state index in [1.807, 2.05) is 24.3 Å². The van der Waals surface area contributed by atoms with Crippen molar-refractivity contribution in [2.45, 2.75) is 26.7 Å². The molecule has 1 aromatic carbocycles. The van der Waals surface area contributed by atoms with Gasteiger partial charge in [0.25, 0.3) is 0 Å². The number of ether oxygens (including phenoxy) is 1. The molecule has 0 saturated heterocycles. The highest BCUT2D eigenvalue weighted by molar-refractivity contribution is 5.99. The van der Waals surface area contributed by atoms with Crippen LogP contribution in [-0.4, -0.2) is 17.5 Å². The lowest BCUT2D eigenvalue weighted by Crippen LogP contribution is -1.96. The first-order chi connectivity index (χ1) is 9.22. The molecule has 0 radical (unpaired) electrons. The topological polar surface area (TPSA) is 52.3 Å². The van der Waals surface area contributed by atoms with Crippen LogP contribution < -0.4 is 4.74 Å². The number of aromatic nitrogens is 1. The number of hydrogen-bond acceptors (Lipinski definition) is 4. The van der Waals surface area contributed by atoms with E-state index in [1.165, 1.54) is 13.1 Å². The SMILES string of the molecule is CCCCOc1ccc(-c2oncc2C(C)=O)cc1. The summed E-state index contributed by atoms with van der Waals surface area (Å²) < 4.78 is 10.7. The van der Waals surface area contributed by atoms with Crippen molar-refractivity contribution in [2.75, 3.05) is 6.61 Å². The number of unbranched alkanes of at least 4 members (excludes halogenated alkanes) is 1. The minimum absolute atomic E-state index is 0.0560. The maximum atomic E-state index is 11.4. The van der Waals surface area contributed by atoms with Gasteiger partial charge >= 0.3 is 0 Å². The molecule has 1 aromatic heterocycles. The number of benzene rings is 1. The van der Waals surface area contributed by atoms with Crippen molar-refractivity contribution in [3.63, 3.8) is 0 Å². The highest BCUT2D eigenvalue weighted by atomic mass is 16.5. The minimum atomic E-state index is -0.0560. The summed E-state index contributed by atoms with van der Waals surface area (Å²) in [6.45, 7) is 4.34. The maximum absolute atomic E-state index is 11.4.